The lowest BCUT2D eigenvalue weighted by Gasteiger charge is -2.37. The molecule has 0 aromatic carbocycles. The number of likely N-dealkylation sites (N-methyl/N-ethyl adjacent to an activating group) is 1. The van der Waals surface area contributed by atoms with Gasteiger partial charge in [-0.15, -0.1) is 0 Å². The van der Waals surface area contributed by atoms with Crippen molar-refractivity contribution in [3.05, 3.63) is 0 Å². The molecule has 0 saturated carbocycles. The quantitative estimate of drug-likeness (QED) is 0.710. The number of hydrogen-bond acceptors (Lipinski definition) is 4. The van der Waals surface area contributed by atoms with Crippen LogP contribution in [0.3, 0.4) is 0 Å². The number of carbonyl (C=O) groups excluding carboxylic acids is 1. The normalized spacial score (nSPS) is 29.9. The Labute approximate surface area is 104 Å². The van der Waals surface area contributed by atoms with Gasteiger partial charge in [-0.2, -0.15) is 0 Å². The van der Waals surface area contributed by atoms with Crippen LogP contribution in [0.25, 0.3) is 0 Å². The lowest BCUT2D eigenvalue weighted by molar-refractivity contribution is -0.124. The molecular weight excluding hydrogens is 218 g/mol. The number of hydrogen-bond donors (Lipinski definition) is 2. The Morgan fingerprint density at radius 1 is 1.47 bits per heavy atom. The highest BCUT2D eigenvalue weighted by molar-refractivity contribution is 5.84. The van der Waals surface area contributed by atoms with Gasteiger partial charge in [0, 0.05) is 19.6 Å². The zero-order chi connectivity index (χ0) is 13.1. The van der Waals surface area contributed by atoms with Crippen LogP contribution >= 0.6 is 0 Å². The first-order valence-corrected chi connectivity index (χ1v) is 6.24. The summed E-state index contributed by atoms with van der Waals surface area (Å²) < 4.78 is 5.67. The third-order valence-corrected chi connectivity index (χ3v) is 3.52. The number of nitrogens with one attached hydrogen (secondary N) is 1. The second kappa shape index (κ2) is 5.80. The highest BCUT2D eigenvalue weighted by Gasteiger charge is 2.30. The first-order valence-electron chi connectivity index (χ1n) is 6.24. The van der Waals surface area contributed by atoms with Crippen LogP contribution in [0.1, 0.15) is 27.2 Å². The first kappa shape index (κ1) is 14.4. The second-order valence-electron chi connectivity index (χ2n) is 5.21. The van der Waals surface area contributed by atoms with E-state index in [1.165, 1.54) is 0 Å². The fourth-order valence-electron chi connectivity index (χ4n) is 2.22. The van der Waals surface area contributed by atoms with Crippen LogP contribution in [0, 0.1) is 0 Å². The fourth-order valence-corrected chi connectivity index (χ4v) is 2.22. The van der Waals surface area contributed by atoms with Gasteiger partial charge in [0.05, 0.1) is 17.7 Å². The third kappa shape index (κ3) is 3.94. The van der Waals surface area contributed by atoms with Crippen molar-refractivity contribution >= 4 is 5.91 Å². The van der Waals surface area contributed by atoms with Gasteiger partial charge in [0.1, 0.15) is 0 Å². The minimum Gasteiger partial charge on any atom is -0.373 e. The number of nitrogens with two attached hydrogens (primary N) is 1. The maximum absolute atomic E-state index is 11.4. The van der Waals surface area contributed by atoms with Gasteiger partial charge in [0.2, 0.25) is 5.91 Å². The monoisotopic (exact) mass is 243 g/mol. The molecule has 100 valence electrons. The number of morpholine rings is 1. The van der Waals surface area contributed by atoms with Crippen LogP contribution in [0.4, 0.5) is 0 Å². The van der Waals surface area contributed by atoms with E-state index in [-0.39, 0.29) is 18.1 Å². The summed E-state index contributed by atoms with van der Waals surface area (Å²) in [4.78, 5) is 13.7. The van der Waals surface area contributed by atoms with Crippen LogP contribution < -0.4 is 11.1 Å². The summed E-state index contributed by atoms with van der Waals surface area (Å²) in [6, 6.07) is 0. The Hall–Kier alpha value is -0.650. The summed E-state index contributed by atoms with van der Waals surface area (Å²) in [5.74, 6) is -0.297. The van der Waals surface area contributed by atoms with Crippen molar-refractivity contribution < 1.29 is 9.53 Å². The van der Waals surface area contributed by atoms with E-state index in [1.807, 2.05) is 6.92 Å². The van der Waals surface area contributed by atoms with Crippen molar-refractivity contribution in [3.63, 3.8) is 0 Å². The van der Waals surface area contributed by atoms with Gasteiger partial charge in [-0.05, 0) is 34.2 Å². The highest BCUT2D eigenvalue weighted by Crippen LogP contribution is 2.14. The van der Waals surface area contributed by atoms with E-state index in [4.69, 9.17) is 10.5 Å². The van der Waals surface area contributed by atoms with E-state index in [2.05, 4.69) is 24.1 Å². The van der Waals surface area contributed by atoms with Crippen molar-refractivity contribution in [1.82, 2.24) is 10.2 Å². The SMILES string of the molecule is CNC(C)(CCN1CC(C)OC(C)C1)C(N)=O. The lowest BCUT2D eigenvalue weighted by Crippen LogP contribution is -2.54. The summed E-state index contributed by atoms with van der Waals surface area (Å²) in [6.45, 7) is 8.70. The van der Waals surface area contributed by atoms with Gasteiger partial charge < -0.3 is 15.8 Å². The molecular formula is C12H25N3O2. The van der Waals surface area contributed by atoms with Crippen LogP contribution in [0.15, 0.2) is 0 Å². The Morgan fingerprint density at radius 2 is 2.00 bits per heavy atom. The molecule has 1 saturated heterocycles. The molecule has 1 aliphatic heterocycles. The second-order valence-corrected chi connectivity index (χ2v) is 5.21. The number of amides is 1. The van der Waals surface area contributed by atoms with Gasteiger partial charge in [-0.3, -0.25) is 9.69 Å². The molecule has 0 bridgehead atoms. The zero-order valence-electron chi connectivity index (χ0n) is 11.3. The molecule has 1 fully saturated rings. The van der Waals surface area contributed by atoms with Crippen LogP contribution in [0.2, 0.25) is 0 Å². The molecule has 0 aromatic rings. The van der Waals surface area contributed by atoms with Gasteiger partial charge in [0.15, 0.2) is 0 Å². The molecule has 3 unspecified atom stereocenters. The maximum atomic E-state index is 11.4. The predicted molar refractivity (Wildman–Crippen MR) is 67.7 cm³/mol. The number of primary amides is 1. The minimum atomic E-state index is -0.620. The molecule has 1 aliphatic rings. The average molecular weight is 243 g/mol. The van der Waals surface area contributed by atoms with Gasteiger partial charge in [-0.25, -0.2) is 0 Å². The molecule has 0 aliphatic carbocycles. The molecule has 0 radical (unpaired) electrons. The minimum absolute atomic E-state index is 0.258. The lowest BCUT2D eigenvalue weighted by atomic mass is 9.96. The van der Waals surface area contributed by atoms with E-state index < -0.39 is 5.54 Å². The third-order valence-electron chi connectivity index (χ3n) is 3.52. The Kier molecular flexibility index (Phi) is 4.91. The Balaban J connectivity index is 2.46. The molecule has 5 nitrogen and oxygen atoms in total. The maximum Gasteiger partial charge on any atom is 0.237 e. The summed E-state index contributed by atoms with van der Waals surface area (Å²) in [5.41, 5.74) is 4.79. The predicted octanol–water partition coefficient (Wildman–Crippen LogP) is -0.0509. The number of nitrogens with zero attached hydrogens (tertiary/aromatic N) is 1. The van der Waals surface area contributed by atoms with E-state index in [0.29, 0.717) is 0 Å². The summed E-state index contributed by atoms with van der Waals surface area (Å²) >= 11 is 0. The van der Waals surface area contributed by atoms with Crippen LogP contribution in [-0.2, 0) is 9.53 Å². The first-order chi connectivity index (χ1) is 7.87. The van der Waals surface area contributed by atoms with E-state index in [0.717, 1.165) is 26.1 Å². The molecule has 5 heteroatoms. The molecule has 0 spiro atoms. The Bertz CT molecular complexity index is 262. The molecule has 1 amide bonds. The van der Waals surface area contributed by atoms with Crippen molar-refractivity contribution in [1.29, 1.82) is 0 Å². The molecule has 1 heterocycles. The number of ether oxygens (including phenoxy) is 1. The van der Waals surface area contributed by atoms with Crippen LogP contribution in [0.5, 0.6) is 0 Å². The molecule has 3 atom stereocenters. The van der Waals surface area contributed by atoms with Crippen molar-refractivity contribution in [3.8, 4) is 0 Å². The van der Waals surface area contributed by atoms with Crippen molar-refractivity contribution in [2.45, 2.75) is 44.9 Å². The molecule has 0 aromatic heterocycles. The number of rotatable bonds is 5. The summed E-state index contributed by atoms with van der Waals surface area (Å²) in [5, 5.41) is 3.01. The molecule has 1 rings (SSSR count). The van der Waals surface area contributed by atoms with E-state index >= 15 is 0 Å². The Morgan fingerprint density at radius 3 is 2.41 bits per heavy atom. The van der Waals surface area contributed by atoms with Crippen molar-refractivity contribution in [2.75, 3.05) is 26.7 Å². The average Bonchev–Trinajstić information content (AvgIpc) is 2.24. The molecule has 17 heavy (non-hydrogen) atoms. The fraction of sp³-hybridized carbons (Fsp3) is 0.917. The standard InChI is InChI=1S/C12H25N3O2/c1-9-7-15(8-10(2)17-9)6-5-12(3,14-4)11(13)16/h9-10,14H,5-8H2,1-4H3,(H2,13,16). The summed E-state index contributed by atoms with van der Waals surface area (Å²) in [6.07, 6.45) is 1.24. The van der Waals surface area contributed by atoms with Crippen molar-refractivity contribution in [2.24, 2.45) is 5.73 Å². The largest absolute Gasteiger partial charge is 0.373 e. The smallest absolute Gasteiger partial charge is 0.237 e. The van der Waals surface area contributed by atoms with Gasteiger partial charge in [0.25, 0.3) is 0 Å². The topological polar surface area (TPSA) is 67.6 Å². The van der Waals surface area contributed by atoms with Gasteiger partial charge in [-0.1, -0.05) is 0 Å². The van der Waals surface area contributed by atoms with Crippen LogP contribution in [-0.4, -0.2) is 55.2 Å². The van der Waals surface area contributed by atoms with Gasteiger partial charge >= 0.3 is 0 Å². The number of carbonyl (C=O) groups is 1. The van der Waals surface area contributed by atoms with E-state index in [1.54, 1.807) is 7.05 Å². The molecule has 3 N–H and O–H groups in total. The highest BCUT2D eigenvalue weighted by atomic mass is 16.5. The van der Waals surface area contributed by atoms with E-state index in [9.17, 15) is 4.79 Å². The summed E-state index contributed by atoms with van der Waals surface area (Å²) in [7, 11) is 1.77. The zero-order valence-corrected chi connectivity index (χ0v) is 11.3.